The Balaban J connectivity index is 2.27. The summed E-state index contributed by atoms with van der Waals surface area (Å²) in [6.45, 7) is -0.0361. The van der Waals surface area contributed by atoms with E-state index in [0.717, 1.165) is 6.07 Å². The number of aromatic nitrogens is 2. The van der Waals surface area contributed by atoms with Crippen LogP contribution in [-0.2, 0) is 12.7 Å². The van der Waals surface area contributed by atoms with E-state index < -0.39 is 11.9 Å². The summed E-state index contributed by atoms with van der Waals surface area (Å²) >= 11 is 0. The molecule has 2 aromatic heterocycles. The smallest absolute Gasteiger partial charge is 0.433 e. The van der Waals surface area contributed by atoms with E-state index in [4.69, 9.17) is 14.9 Å². The summed E-state index contributed by atoms with van der Waals surface area (Å²) < 4.78 is 49.4. The van der Waals surface area contributed by atoms with E-state index in [1.165, 1.54) is 19.2 Å². The van der Waals surface area contributed by atoms with Crippen LogP contribution in [0.4, 0.5) is 13.2 Å². The molecule has 0 saturated carbocycles. The van der Waals surface area contributed by atoms with Crippen LogP contribution >= 0.6 is 0 Å². The zero-order chi connectivity index (χ0) is 18.2. The molecule has 0 amide bonds. The van der Waals surface area contributed by atoms with Crippen LogP contribution in [0.1, 0.15) is 21.9 Å². The Bertz CT molecular complexity index is 951. The highest BCUT2D eigenvalue weighted by Gasteiger charge is 2.33. The standard InChI is InChI=1S/C16H12F3N3O3/c1-24-11-4-2-9(15-21-10(7-23)12(6-20)25-15)8-3-5-13(16(17,18)19)22-14(8)11/h2-5,7H,6,20H2,1H3. The molecule has 0 bridgehead atoms. The minimum atomic E-state index is -4.59. The lowest BCUT2D eigenvalue weighted by molar-refractivity contribution is -0.140. The van der Waals surface area contributed by atoms with Crippen LogP contribution in [0.5, 0.6) is 5.75 Å². The van der Waals surface area contributed by atoms with E-state index in [1.807, 2.05) is 0 Å². The Kier molecular flexibility index (Phi) is 4.17. The summed E-state index contributed by atoms with van der Waals surface area (Å²) in [5, 5.41) is 0.342. The Morgan fingerprint density at radius 2 is 2.00 bits per heavy atom. The molecule has 0 aliphatic heterocycles. The molecule has 0 fully saturated rings. The fourth-order valence-corrected chi connectivity index (χ4v) is 2.42. The first-order valence-corrected chi connectivity index (χ1v) is 7.09. The van der Waals surface area contributed by atoms with Gasteiger partial charge in [0.15, 0.2) is 6.29 Å². The lowest BCUT2D eigenvalue weighted by Gasteiger charge is -2.11. The first-order valence-electron chi connectivity index (χ1n) is 7.09. The number of carbonyl (C=O) groups excluding carboxylic acids is 1. The number of nitrogens with zero attached hydrogens (tertiary/aromatic N) is 2. The molecular weight excluding hydrogens is 339 g/mol. The van der Waals surface area contributed by atoms with Gasteiger partial charge in [0.2, 0.25) is 5.89 Å². The van der Waals surface area contributed by atoms with Gasteiger partial charge in [0, 0.05) is 10.9 Å². The lowest BCUT2D eigenvalue weighted by Crippen LogP contribution is -2.08. The molecule has 0 spiro atoms. The summed E-state index contributed by atoms with van der Waals surface area (Å²) in [5.74, 6) is 0.427. The van der Waals surface area contributed by atoms with Gasteiger partial charge in [0.25, 0.3) is 0 Å². The monoisotopic (exact) mass is 351 g/mol. The van der Waals surface area contributed by atoms with Gasteiger partial charge in [-0.1, -0.05) is 0 Å². The molecule has 3 aromatic rings. The van der Waals surface area contributed by atoms with E-state index in [0.29, 0.717) is 17.2 Å². The van der Waals surface area contributed by atoms with Crippen LogP contribution < -0.4 is 10.5 Å². The normalized spacial score (nSPS) is 11.7. The number of hydrogen-bond donors (Lipinski definition) is 1. The number of rotatable bonds is 4. The SMILES string of the molecule is COc1ccc(-c2nc(C=O)c(CN)o2)c2ccc(C(F)(F)F)nc12. The number of halogens is 3. The van der Waals surface area contributed by atoms with Gasteiger partial charge in [-0.3, -0.25) is 4.79 Å². The van der Waals surface area contributed by atoms with Crippen molar-refractivity contribution in [2.75, 3.05) is 7.11 Å². The van der Waals surface area contributed by atoms with Gasteiger partial charge in [0.1, 0.15) is 28.4 Å². The number of carbonyl (C=O) groups is 1. The maximum absolute atomic E-state index is 12.9. The third-order valence-corrected chi connectivity index (χ3v) is 3.59. The zero-order valence-corrected chi connectivity index (χ0v) is 12.9. The number of ether oxygens (including phenoxy) is 1. The fourth-order valence-electron chi connectivity index (χ4n) is 2.42. The molecular formula is C16H12F3N3O3. The van der Waals surface area contributed by atoms with Crippen molar-refractivity contribution >= 4 is 17.2 Å². The summed E-state index contributed by atoms with van der Waals surface area (Å²) in [4.78, 5) is 18.7. The number of benzene rings is 1. The number of alkyl halides is 3. The molecule has 25 heavy (non-hydrogen) atoms. The molecule has 3 rings (SSSR count). The topological polar surface area (TPSA) is 91.2 Å². The molecule has 0 radical (unpaired) electrons. The predicted octanol–water partition coefficient (Wildman–Crippen LogP) is 3.19. The van der Waals surface area contributed by atoms with Crippen LogP contribution in [0.15, 0.2) is 28.7 Å². The molecule has 2 N–H and O–H groups in total. The van der Waals surface area contributed by atoms with Crippen LogP contribution in [0.2, 0.25) is 0 Å². The average molecular weight is 351 g/mol. The third kappa shape index (κ3) is 2.93. The van der Waals surface area contributed by atoms with E-state index >= 15 is 0 Å². The molecule has 0 atom stereocenters. The minimum absolute atomic E-state index is 0.00924. The number of pyridine rings is 1. The maximum atomic E-state index is 12.9. The van der Waals surface area contributed by atoms with E-state index in [1.54, 1.807) is 6.07 Å². The van der Waals surface area contributed by atoms with Crippen molar-refractivity contribution in [3.8, 4) is 17.2 Å². The number of oxazole rings is 1. The molecule has 1 aromatic carbocycles. The molecule has 0 saturated heterocycles. The molecule has 0 aliphatic carbocycles. The summed E-state index contributed by atoms with van der Waals surface area (Å²) in [5.41, 5.74) is 4.88. The summed E-state index contributed by atoms with van der Waals surface area (Å²) in [6, 6.07) is 5.14. The van der Waals surface area contributed by atoms with E-state index in [9.17, 15) is 18.0 Å². The fraction of sp³-hybridized carbons (Fsp3) is 0.188. The molecule has 0 aliphatic rings. The molecule has 2 heterocycles. The summed E-state index contributed by atoms with van der Waals surface area (Å²) in [6.07, 6.45) is -4.09. The molecule has 0 unspecified atom stereocenters. The first kappa shape index (κ1) is 16.9. The van der Waals surface area contributed by atoms with E-state index in [-0.39, 0.29) is 35.2 Å². The number of nitrogens with two attached hydrogens (primary N) is 1. The van der Waals surface area contributed by atoms with Crippen molar-refractivity contribution in [3.63, 3.8) is 0 Å². The highest BCUT2D eigenvalue weighted by atomic mass is 19.4. The largest absolute Gasteiger partial charge is 0.494 e. The number of methoxy groups -OCH3 is 1. The van der Waals surface area contributed by atoms with Crippen molar-refractivity contribution < 1.29 is 27.1 Å². The van der Waals surface area contributed by atoms with Gasteiger partial charge in [-0.25, -0.2) is 9.97 Å². The summed E-state index contributed by atoms with van der Waals surface area (Å²) in [7, 11) is 1.33. The van der Waals surface area contributed by atoms with Crippen LogP contribution in [-0.4, -0.2) is 23.4 Å². The zero-order valence-electron chi connectivity index (χ0n) is 12.9. The Labute approximate surface area is 139 Å². The molecule has 6 nitrogen and oxygen atoms in total. The Hall–Kier alpha value is -2.94. The molecule has 130 valence electrons. The Morgan fingerprint density at radius 1 is 1.24 bits per heavy atom. The van der Waals surface area contributed by atoms with Gasteiger partial charge in [-0.15, -0.1) is 0 Å². The van der Waals surface area contributed by atoms with Crippen molar-refractivity contribution in [1.82, 2.24) is 9.97 Å². The van der Waals surface area contributed by atoms with Crippen molar-refractivity contribution in [2.24, 2.45) is 5.73 Å². The second-order valence-electron chi connectivity index (χ2n) is 5.06. The second kappa shape index (κ2) is 6.17. The number of aldehydes is 1. The van der Waals surface area contributed by atoms with Crippen LogP contribution in [0.3, 0.4) is 0 Å². The van der Waals surface area contributed by atoms with Gasteiger partial charge in [0.05, 0.1) is 13.7 Å². The van der Waals surface area contributed by atoms with Crippen molar-refractivity contribution in [1.29, 1.82) is 0 Å². The van der Waals surface area contributed by atoms with Gasteiger partial charge >= 0.3 is 6.18 Å². The number of hydrogen-bond acceptors (Lipinski definition) is 6. The highest BCUT2D eigenvalue weighted by molar-refractivity contribution is 5.96. The van der Waals surface area contributed by atoms with Gasteiger partial charge < -0.3 is 14.9 Å². The predicted molar refractivity (Wildman–Crippen MR) is 82.1 cm³/mol. The van der Waals surface area contributed by atoms with Gasteiger partial charge in [-0.05, 0) is 24.3 Å². The van der Waals surface area contributed by atoms with Crippen molar-refractivity contribution in [2.45, 2.75) is 12.7 Å². The quantitative estimate of drug-likeness (QED) is 0.726. The van der Waals surface area contributed by atoms with Gasteiger partial charge in [-0.2, -0.15) is 13.2 Å². The second-order valence-corrected chi connectivity index (χ2v) is 5.06. The average Bonchev–Trinajstić information content (AvgIpc) is 3.02. The number of fused-ring (bicyclic) bond motifs is 1. The van der Waals surface area contributed by atoms with Crippen LogP contribution in [0.25, 0.3) is 22.4 Å². The Morgan fingerprint density at radius 3 is 2.56 bits per heavy atom. The van der Waals surface area contributed by atoms with Crippen LogP contribution in [0, 0.1) is 0 Å². The third-order valence-electron chi connectivity index (χ3n) is 3.59. The van der Waals surface area contributed by atoms with Crippen molar-refractivity contribution in [3.05, 3.63) is 41.4 Å². The first-order chi connectivity index (χ1) is 11.9. The highest BCUT2D eigenvalue weighted by Crippen LogP contribution is 2.36. The van der Waals surface area contributed by atoms with E-state index in [2.05, 4.69) is 9.97 Å². The minimum Gasteiger partial charge on any atom is -0.494 e. The maximum Gasteiger partial charge on any atom is 0.433 e. The lowest BCUT2D eigenvalue weighted by atomic mass is 10.1. The molecule has 9 heteroatoms.